The molecule has 4 fully saturated rings. The molecule has 0 aromatic carbocycles. The minimum Gasteiger partial charge on any atom is -0.438 e. The quantitative estimate of drug-likeness (QED) is 0.332. The second-order valence-electron chi connectivity index (χ2n) is 7.56. The molecule has 0 amide bonds. The van der Waals surface area contributed by atoms with Gasteiger partial charge in [-0.3, -0.25) is 14.4 Å². The van der Waals surface area contributed by atoms with Gasteiger partial charge >= 0.3 is 5.97 Å². The highest BCUT2D eigenvalue weighted by atomic mass is 16.8. The van der Waals surface area contributed by atoms with Gasteiger partial charge in [-0.15, -0.1) is 0 Å². The van der Waals surface area contributed by atoms with Crippen LogP contribution in [0.3, 0.4) is 0 Å². The second kappa shape index (κ2) is 5.23. The van der Waals surface area contributed by atoms with E-state index in [-0.39, 0.29) is 66.1 Å². The number of carbonyl (C=O) groups excluding carboxylic acids is 3. The number of ketones is 2. The van der Waals surface area contributed by atoms with Gasteiger partial charge < -0.3 is 14.2 Å². The lowest BCUT2D eigenvalue weighted by atomic mass is 9.69. The standard InChI is InChI=1S/C18H20O6/c19-16-8-3-4-9(16)14-13(8)10-6-11(15(14)17(10)20)18(21)24-7-23-12-2-1-5-22-12/h3-4,8-15H,1-2,5-7H2. The number of ether oxygens (including phenoxy) is 3. The van der Waals surface area contributed by atoms with E-state index in [9.17, 15) is 14.4 Å². The van der Waals surface area contributed by atoms with E-state index in [2.05, 4.69) is 0 Å². The average Bonchev–Trinajstić information content (AvgIpc) is 3.36. The Morgan fingerprint density at radius 3 is 2.71 bits per heavy atom. The van der Waals surface area contributed by atoms with Crippen LogP contribution in [-0.4, -0.2) is 37.2 Å². The molecule has 24 heavy (non-hydrogen) atoms. The molecule has 0 N–H and O–H groups in total. The largest absolute Gasteiger partial charge is 0.438 e. The lowest BCUT2D eigenvalue weighted by molar-refractivity contribution is -0.192. The number of hydrogen-bond acceptors (Lipinski definition) is 6. The van der Waals surface area contributed by atoms with Crippen molar-refractivity contribution < 1.29 is 28.6 Å². The predicted molar refractivity (Wildman–Crippen MR) is 79.2 cm³/mol. The summed E-state index contributed by atoms with van der Waals surface area (Å²) in [6.07, 6.45) is 5.89. The Bertz CT molecular complexity index is 633. The highest BCUT2D eigenvalue weighted by Crippen LogP contribution is 2.64. The van der Waals surface area contributed by atoms with E-state index in [1.165, 1.54) is 0 Å². The smallest absolute Gasteiger partial charge is 0.311 e. The summed E-state index contributed by atoms with van der Waals surface area (Å²) < 4.78 is 15.9. The molecule has 1 saturated heterocycles. The van der Waals surface area contributed by atoms with Crippen LogP contribution in [-0.2, 0) is 28.6 Å². The van der Waals surface area contributed by atoms with Crippen molar-refractivity contribution in [3.8, 4) is 0 Å². The first kappa shape index (κ1) is 14.8. The Morgan fingerprint density at radius 1 is 1.17 bits per heavy atom. The first-order valence-electron chi connectivity index (χ1n) is 8.82. The fraction of sp³-hybridized carbons (Fsp3) is 0.722. The molecule has 4 bridgehead atoms. The fourth-order valence-electron chi connectivity index (χ4n) is 5.73. The maximum Gasteiger partial charge on any atom is 0.311 e. The Labute approximate surface area is 139 Å². The van der Waals surface area contributed by atoms with E-state index >= 15 is 0 Å². The lowest BCUT2D eigenvalue weighted by Crippen LogP contribution is -2.36. The average molecular weight is 332 g/mol. The van der Waals surface area contributed by atoms with E-state index in [4.69, 9.17) is 14.2 Å². The zero-order valence-corrected chi connectivity index (χ0v) is 13.3. The van der Waals surface area contributed by atoms with Gasteiger partial charge in [0.25, 0.3) is 0 Å². The van der Waals surface area contributed by atoms with Crippen molar-refractivity contribution in [2.45, 2.75) is 25.6 Å². The molecule has 1 aliphatic heterocycles. The summed E-state index contributed by atoms with van der Waals surface area (Å²) in [5, 5.41) is 0. The molecular weight excluding hydrogens is 312 g/mol. The van der Waals surface area contributed by atoms with Gasteiger partial charge in [0.1, 0.15) is 11.6 Å². The van der Waals surface area contributed by atoms with Crippen molar-refractivity contribution in [2.24, 2.45) is 41.4 Å². The number of rotatable bonds is 4. The molecule has 8 atom stereocenters. The first-order valence-corrected chi connectivity index (χ1v) is 8.82. The predicted octanol–water partition coefficient (Wildman–Crippen LogP) is 1.09. The summed E-state index contributed by atoms with van der Waals surface area (Å²) in [5.74, 6) is -1.02. The van der Waals surface area contributed by atoms with E-state index in [0.29, 0.717) is 13.0 Å². The molecular formula is C18H20O6. The number of hydrogen-bond donors (Lipinski definition) is 0. The molecule has 5 rings (SSSR count). The van der Waals surface area contributed by atoms with Crippen LogP contribution in [0.4, 0.5) is 0 Å². The highest BCUT2D eigenvalue weighted by molar-refractivity contribution is 6.01. The van der Waals surface area contributed by atoms with Crippen LogP contribution in [0.5, 0.6) is 0 Å². The van der Waals surface area contributed by atoms with Gasteiger partial charge in [0.05, 0.1) is 5.92 Å². The van der Waals surface area contributed by atoms with Crippen molar-refractivity contribution in [1.82, 2.24) is 0 Å². The SMILES string of the molecule is O=C1C2C=CC1C1C3C(=O)C(CC3C(=O)OCOC3CCCO3)C21. The molecule has 0 aromatic heterocycles. The number of carbonyl (C=O) groups is 3. The molecule has 0 spiro atoms. The number of Topliss-reactive ketones (excluding diaryl/α,β-unsaturated/α-hetero) is 2. The molecule has 1 heterocycles. The highest BCUT2D eigenvalue weighted by Gasteiger charge is 2.69. The third kappa shape index (κ3) is 1.87. The molecule has 0 aromatic rings. The summed E-state index contributed by atoms with van der Waals surface area (Å²) in [6, 6.07) is 0. The van der Waals surface area contributed by atoms with Crippen molar-refractivity contribution in [1.29, 1.82) is 0 Å². The fourth-order valence-corrected chi connectivity index (χ4v) is 5.73. The number of allylic oxidation sites excluding steroid dienone is 2. The van der Waals surface area contributed by atoms with Crippen LogP contribution < -0.4 is 0 Å². The van der Waals surface area contributed by atoms with Crippen molar-refractivity contribution in [3.05, 3.63) is 12.2 Å². The third-order valence-electron chi connectivity index (χ3n) is 6.62. The Balaban J connectivity index is 1.26. The monoisotopic (exact) mass is 332 g/mol. The normalized spacial score (nSPS) is 47.7. The van der Waals surface area contributed by atoms with Crippen LogP contribution in [0, 0.1) is 41.4 Å². The molecule has 6 heteroatoms. The van der Waals surface area contributed by atoms with Crippen LogP contribution >= 0.6 is 0 Å². The zero-order chi connectivity index (χ0) is 16.4. The topological polar surface area (TPSA) is 78.9 Å². The summed E-state index contributed by atoms with van der Waals surface area (Å²) >= 11 is 0. The maximum absolute atomic E-state index is 12.6. The van der Waals surface area contributed by atoms with Crippen LogP contribution in [0.1, 0.15) is 19.3 Å². The zero-order valence-electron chi connectivity index (χ0n) is 13.3. The summed E-state index contributed by atoms with van der Waals surface area (Å²) in [6.45, 7) is 0.539. The van der Waals surface area contributed by atoms with Crippen LogP contribution in [0.2, 0.25) is 0 Å². The van der Waals surface area contributed by atoms with E-state index in [1.807, 2.05) is 12.2 Å². The molecule has 4 aliphatic carbocycles. The molecule has 6 nitrogen and oxygen atoms in total. The van der Waals surface area contributed by atoms with Gasteiger partial charge in [0.15, 0.2) is 13.1 Å². The first-order chi connectivity index (χ1) is 11.7. The Kier molecular flexibility index (Phi) is 3.22. The van der Waals surface area contributed by atoms with Gasteiger partial charge in [-0.25, -0.2) is 0 Å². The Morgan fingerprint density at radius 2 is 1.96 bits per heavy atom. The molecule has 0 radical (unpaired) electrons. The summed E-state index contributed by atoms with van der Waals surface area (Å²) in [7, 11) is 0. The molecule has 5 aliphatic rings. The molecule has 128 valence electrons. The second-order valence-corrected chi connectivity index (χ2v) is 7.56. The molecule has 8 unspecified atom stereocenters. The number of fused-ring (bicyclic) bond motifs is 9. The van der Waals surface area contributed by atoms with E-state index in [0.717, 1.165) is 12.8 Å². The van der Waals surface area contributed by atoms with Gasteiger partial charge in [-0.05, 0) is 24.7 Å². The maximum atomic E-state index is 12.6. The minimum absolute atomic E-state index is 0.00961. The number of esters is 1. The van der Waals surface area contributed by atoms with Gasteiger partial charge in [-0.2, -0.15) is 0 Å². The van der Waals surface area contributed by atoms with Gasteiger partial charge in [0, 0.05) is 36.7 Å². The van der Waals surface area contributed by atoms with Crippen molar-refractivity contribution in [3.63, 3.8) is 0 Å². The lowest BCUT2D eigenvalue weighted by Gasteiger charge is -2.33. The minimum atomic E-state index is -0.419. The third-order valence-corrected chi connectivity index (χ3v) is 6.62. The van der Waals surface area contributed by atoms with Crippen LogP contribution in [0.25, 0.3) is 0 Å². The van der Waals surface area contributed by atoms with Crippen LogP contribution in [0.15, 0.2) is 12.2 Å². The molecule has 3 saturated carbocycles. The van der Waals surface area contributed by atoms with Crippen molar-refractivity contribution in [2.75, 3.05) is 13.4 Å². The Hall–Kier alpha value is -1.53. The van der Waals surface area contributed by atoms with Gasteiger partial charge in [0.2, 0.25) is 0 Å². The summed E-state index contributed by atoms with van der Waals surface area (Å²) in [5.41, 5.74) is 0. The van der Waals surface area contributed by atoms with E-state index < -0.39 is 5.92 Å². The van der Waals surface area contributed by atoms with E-state index in [1.54, 1.807) is 0 Å². The summed E-state index contributed by atoms with van der Waals surface area (Å²) in [4.78, 5) is 37.3. The van der Waals surface area contributed by atoms with Gasteiger partial charge in [-0.1, -0.05) is 12.2 Å². The van der Waals surface area contributed by atoms with Crippen molar-refractivity contribution >= 4 is 17.5 Å².